The summed E-state index contributed by atoms with van der Waals surface area (Å²) in [5.74, 6) is 4.69. The molecule has 0 amide bonds. The number of hydrogen-bond donors (Lipinski definition) is 1. The Hall–Kier alpha value is -1.86. The van der Waals surface area contributed by atoms with Crippen molar-refractivity contribution in [3.8, 4) is 23.0 Å². The highest BCUT2D eigenvalue weighted by Gasteiger charge is 2.40. The van der Waals surface area contributed by atoms with Crippen molar-refractivity contribution in [2.75, 3.05) is 48.1 Å². The third-order valence-electron chi connectivity index (χ3n) is 8.64. The summed E-state index contributed by atoms with van der Waals surface area (Å²) < 4.78 is 22.5. The molecule has 1 fully saturated rings. The van der Waals surface area contributed by atoms with Gasteiger partial charge in [0, 0.05) is 25.2 Å². The zero-order chi connectivity index (χ0) is 24.5. The first kappa shape index (κ1) is 29.7. The van der Waals surface area contributed by atoms with Crippen LogP contribution in [0.1, 0.15) is 60.5 Å². The Balaban J connectivity index is 0.00000190. The van der Waals surface area contributed by atoms with Crippen LogP contribution in [0.2, 0.25) is 0 Å². The molecule has 37 heavy (non-hydrogen) atoms. The van der Waals surface area contributed by atoms with Gasteiger partial charge < -0.3 is 24.3 Å². The minimum Gasteiger partial charge on any atom is -0.493 e. The second kappa shape index (κ2) is 12.8. The third kappa shape index (κ3) is 5.63. The molecule has 0 radical (unpaired) electrons. The summed E-state index contributed by atoms with van der Waals surface area (Å²) in [7, 11) is 6.90. The maximum absolute atomic E-state index is 5.68. The molecule has 8 heteroatoms. The molecule has 2 aromatic rings. The largest absolute Gasteiger partial charge is 0.493 e. The summed E-state index contributed by atoms with van der Waals surface area (Å²) in [6, 6.07) is 9.61. The SMILES string of the molecule is CC[C@@H]1CN2CCc3cc(OC)c(OC)cc3[C@H]2CC1C[C@@H]1NCCc2cc(OC)c(OC)cc21.Cl.Cl. The standard InChI is InChI=1S/C29H40N2O4.2ClH/c1-6-18-17-31-10-8-20-14-27(33-3)29(35-5)16-23(20)25(31)12-21(18)11-24-22-15-28(34-4)26(32-2)13-19(22)7-9-30-24;;/h13-16,18,21,24-25,30H,6-12,17H2,1-5H3;2*1H/t18-,21?,24+,25-;;/m1../s1. The highest BCUT2D eigenvalue weighted by molar-refractivity contribution is 5.85. The topological polar surface area (TPSA) is 52.2 Å². The Bertz CT molecular complexity index is 1060. The van der Waals surface area contributed by atoms with Crippen molar-refractivity contribution in [3.05, 3.63) is 46.5 Å². The lowest BCUT2D eigenvalue weighted by Crippen LogP contribution is -2.46. The number of fused-ring (bicyclic) bond motifs is 4. The van der Waals surface area contributed by atoms with E-state index in [1.807, 2.05) is 0 Å². The van der Waals surface area contributed by atoms with Gasteiger partial charge in [0.15, 0.2) is 23.0 Å². The van der Waals surface area contributed by atoms with E-state index in [1.165, 1.54) is 41.6 Å². The van der Waals surface area contributed by atoms with Gasteiger partial charge in [0.25, 0.3) is 0 Å². The van der Waals surface area contributed by atoms with Crippen LogP contribution in [0.25, 0.3) is 0 Å². The van der Waals surface area contributed by atoms with Crippen LogP contribution in [0, 0.1) is 11.8 Å². The number of methoxy groups -OCH3 is 4. The molecular formula is C29H42Cl2N2O4. The third-order valence-corrected chi connectivity index (χ3v) is 8.64. The number of halogens is 2. The van der Waals surface area contributed by atoms with Crippen molar-refractivity contribution in [3.63, 3.8) is 0 Å². The van der Waals surface area contributed by atoms with E-state index in [2.05, 4.69) is 41.4 Å². The van der Waals surface area contributed by atoms with Crippen LogP contribution in [-0.4, -0.2) is 53.0 Å². The highest BCUT2D eigenvalue weighted by Crippen LogP contribution is 2.48. The normalized spacial score (nSPS) is 24.4. The second-order valence-electron chi connectivity index (χ2n) is 10.2. The first-order chi connectivity index (χ1) is 17.1. The van der Waals surface area contributed by atoms with Gasteiger partial charge in [-0.3, -0.25) is 4.90 Å². The average Bonchev–Trinajstić information content (AvgIpc) is 2.91. The van der Waals surface area contributed by atoms with Crippen molar-refractivity contribution in [2.45, 2.75) is 51.1 Å². The van der Waals surface area contributed by atoms with Gasteiger partial charge in [0.1, 0.15) is 0 Å². The molecule has 3 heterocycles. The first-order valence-electron chi connectivity index (χ1n) is 13.1. The minimum atomic E-state index is 0. The molecule has 1 N–H and O–H groups in total. The number of rotatable bonds is 7. The van der Waals surface area contributed by atoms with E-state index in [1.54, 1.807) is 28.4 Å². The van der Waals surface area contributed by atoms with Crippen LogP contribution >= 0.6 is 24.8 Å². The van der Waals surface area contributed by atoms with E-state index in [0.29, 0.717) is 23.9 Å². The molecule has 206 valence electrons. The Labute approximate surface area is 234 Å². The number of hydrogen-bond acceptors (Lipinski definition) is 6. The van der Waals surface area contributed by atoms with Crippen molar-refractivity contribution < 1.29 is 18.9 Å². The lowest BCUT2D eigenvalue weighted by Gasteiger charge is -2.48. The van der Waals surface area contributed by atoms with E-state index in [0.717, 1.165) is 55.4 Å². The van der Waals surface area contributed by atoms with Gasteiger partial charge in [-0.2, -0.15) is 0 Å². The molecule has 3 aliphatic heterocycles. The zero-order valence-corrected chi connectivity index (χ0v) is 24.3. The molecule has 2 aromatic carbocycles. The van der Waals surface area contributed by atoms with Crippen LogP contribution < -0.4 is 24.3 Å². The predicted molar refractivity (Wildman–Crippen MR) is 153 cm³/mol. The van der Waals surface area contributed by atoms with E-state index >= 15 is 0 Å². The lowest BCUT2D eigenvalue weighted by molar-refractivity contribution is 0.0434. The smallest absolute Gasteiger partial charge is 0.161 e. The molecule has 3 aliphatic rings. The maximum atomic E-state index is 5.68. The summed E-state index contributed by atoms with van der Waals surface area (Å²) in [6.07, 6.45) is 5.65. The lowest BCUT2D eigenvalue weighted by atomic mass is 9.72. The zero-order valence-electron chi connectivity index (χ0n) is 22.7. The van der Waals surface area contributed by atoms with Gasteiger partial charge >= 0.3 is 0 Å². The molecule has 6 nitrogen and oxygen atoms in total. The molecule has 1 unspecified atom stereocenters. The molecule has 0 spiro atoms. The summed E-state index contributed by atoms with van der Waals surface area (Å²) in [6.45, 7) is 5.66. The van der Waals surface area contributed by atoms with Crippen molar-refractivity contribution in [1.29, 1.82) is 0 Å². The molecule has 0 saturated carbocycles. The Morgan fingerprint density at radius 2 is 1.35 bits per heavy atom. The van der Waals surface area contributed by atoms with Gasteiger partial charge in [-0.1, -0.05) is 13.3 Å². The molecule has 0 aromatic heterocycles. The van der Waals surface area contributed by atoms with Gasteiger partial charge in [-0.15, -0.1) is 24.8 Å². The average molecular weight is 554 g/mol. The fourth-order valence-electron chi connectivity index (χ4n) is 6.74. The number of nitrogens with zero attached hydrogens (tertiary/aromatic N) is 1. The van der Waals surface area contributed by atoms with E-state index in [9.17, 15) is 0 Å². The van der Waals surface area contributed by atoms with E-state index in [4.69, 9.17) is 18.9 Å². The Morgan fingerprint density at radius 3 is 1.95 bits per heavy atom. The number of nitrogens with one attached hydrogen (secondary N) is 1. The van der Waals surface area contributed by atoms with Gasteiger partial charge in [-0.05, 0) is 90.6 Å². The maximum Gasteiger partial charge on any atom is 0.161 e. The minimum absolute atomic E-state index is 0. The van der Waals surface area contributed by atoms with Gasteiger partial charge in [-0.25, -0.2) is 0 Å². The Kier molecular flexibility index (Phi) is 10.3. The van der Waals surface area contributed by atoms with Gasteiger partial charge in [0.2, 0.25) is 0 Å². The first-order valence-corrected chi connectivity index (χ1v) is 13.1. The van der Waals surface area contributed by atoms with Crippen molar-refractivity contribution in [2.24, 2.45) is 11.8 Å². The highest BCUT2D eigenvalue weighted by atomic mass is 35.5. The molecular weight excluding hydrogens is 511 g/mol. The van der Waals surface area contributed by atoms with Gasteiger partial charge in [0.05, 0.1) is 28.4 Å². The fraction of sp³-hybridized carbons (Fsp3) is 0.586. The Morgan fingerprint density at radius 1 is 0.784 bits per heavy atom. The molecule has 4 atom stereocenters. The van der Waals surface area contributed by atoms with E-state index < -0.39 is 0 Å². The summed E-state index contributed by atoms with van der Waals surface area (Å²) in [5.41, 5.74) is 5.60. The van der Waals surface area contributed by atoms with Crippen LogP contribution in [0.15, 0.2) is 24.3 Å². The summed E-state index contributed by atoms with van der Waals surface area (Å²) in [5, 5.41) is 3.83. The number of ether oxygens (including phenoxy) is 4. The second-order valence-corrected chi connectivity index (χ2v) is 10.2. The monoisotopic (exact) mass is 552 g/mol. The van der Waals surface area contributed by atoms with Crippen LogP contribution in [0.4, 0.5) is 0 Å². The van der Waals surface area contributed by atoms with E-state index in [-0.39, 0.29) is 24.8 Å². The molecule has 0 bridgehead atoms. The fourth-order valence-corrected chi connectivity index (χ4v) is 6.74. The predicted octanol–water partition coefficient (Wildman–Crippen LogP) is 5.79. The number of piperidine rings is 1. The van der Waals surface area contributed by atoms with Crippen molar-refractivity contribution in [1.82, 2.24) is 10.2 Å². The van der Waals surface area contributed by atoms with Crippen LogP contribution in [0.3, 0.4) is 0 Å². The summed E-state index contributed by atoms with van der Waals surface area (Å²) >= 11 is 0. The quantitative estimate of drug-likeness (QED) is 0.469. The summed E-state index contributed by atoms with van der Waals surface area (Å²) in [4.78, 5) is 2.72. The molecule has 1 saturated heterocycles. The number of benzene rings is 2. The van der Waals surface area contributed by atoms with Crippen molar-refractivity contribution >= 4 is 24.8 Å². The molecule has 0 aliphatic carbocycles. The van der Waals surface area contributed by atoms with Crippen LogP contribution in [0.5, 0.6) is 23.0 Å². The van der Waals surface area contributed by atoms with Crippen LogP contribution in [-0.2, 0) is 12.8 Å². The molecule has 5 rings (SSSR count).